The summed E-state index contributed by atoms with van der Waals surface area (Å²) in [6, 6.07) is 24.4. The summed E-state index contributed by atoms with van der Waals surface area (Å²) in [5.74, 6) is 1.17. The van der Waals surface area contributed by atoms with Crippen LogP contribution in [0.4, 0.5) is 5.69 Å². The van der Waals surface area contributed by atoms with Crippen molar-refractivity contribution >= 4 is 40.9 Å². The number of nitrogens with one attached hydrogen (secondary N) is 1. The standard InChI is InChI=1S/C29H29ClN6O3S/c1-39-23-13-11-21(12-14-23)28(38)31-19-26-32-33-29(36(26)25-10-6-5-9-24(25)30)40-20-27(37)35-17-15-34(16-18-35)22-7-3-2-4-8-22/h2-14H,15-20H2,1H3,(H,31,38). The maximum atomic E-state index is 13.1. The molecule has 0 saturated carbocycles. The van der Waals surface area contributed by atoms with E-state index in [1.54, 1.807) is 42.0 Å². The summed E-state index contributed by atoms with van der Waals surface area (Å²) in [7, 11) is 1.58. The maximum Gasteiger partial charge on any atom is 0.251 e. The van der Waals surface area contributed by atoms with Crippen LogP contribution in [0.5, 0.6) is 5.75 Å². The molecule has 3 aromatic carbocycles. The summed E-state index contributed by atoms with van der Waals surface area (Å²) in [6.07, 6.45) is 0. The van der Waals surface area contributed by atoms with E-state index in [-0.39, 0.29) is 24.1 Å². The van der Waals surface area contributed by atoms with E-state index in [2.05, 4.69) is 32.5 Å². The number of benzene rings is 3. The number of halogens is 1. The molecule has 2 heterocycles. The van der Waals surface area contributed by atoms with E-state index in [1.165, 1.54) is 17.4 Å². The van der Waals surface area contributed by atoms with Gasteiger partial charge in [0.1, 0.15) is 5.75 Å². The van der Waals surface area contributed by atoms with E-state index in [0.29, 0.717) is 46.1 Å². The zero-order chi connectivity index (χ0) is 27.9. The van der Waals surface area contributed by atoms with Crippen LogP contribution in [0.25, 0.3) is 5.69 Å². The Morgan fingerprint density at radius 3 is 2.33 bits per heavy atom. The molecule has 0 radical (unpaired) electrons. The lowest BCUT2D eigenvalue weighted by Crippen LogP contribution is -2.49. The fourth-order valence-corrected chi connectivity index (χ4v) is 5.54. The molecule has 11 heteroatoms. The summed E-state index contributed by atoms with van der Waals surface area (Å²) >= 11 is 7.84. The molecule has 5 rings (SSSR count). The van der Waals surface area contributed by atoms with E-state index in [0.717, 1.165) is 13.1 Å². The molecule has 0 spiro atoms. The van der Waals surface area contributed by atoms with Gasteiger partial charge in [0.25, 0.3) is 5.91 Å². The van der Waals surface area contributed by atoms with Crippen LogP contribution in [0.2, 0.25) is 5.02 Å². The highest BCUT2D eigenvalue weighted by Crippen LogP contribution is 2.27. The zero-order valence-corrected chi connectivity index (χ0v) is 23.6. The van der Waals surface area contributed by atoms with Crippen molar-refractivity contribution in [1.29, 1.82) is 0 Å². The topological polar surface area (TPSA) is 92.6 Å². The van der Waals surface area contributed by atoms with Gasteiger partial charge in [-0.15, -0.1) is 10.2 Å². The molecular weight excluding hydrogens is 548 g/mol. The molecule has 40 heavy (non-hydrogen) atoms. The Labute approximate surface area is 242 Å². The van der Waals surface area contributed by atoms with Crippen molar-refractivity contribution in [3.8, 4) is 11.4 Å². The highest BCUT2D eigenvalue weighted by atomic mass is 35.5. The average Bonchev–Trinajstić information content (AvgIpc) is 3.41. The molecule has 1 aliphatic heterocycles. The van der Waals surface area contributed by atoms with Crippen LogP contribution < -0.4 is 15.0 Å². The number of anilines is 1. The van der Waals surface area contributed by atoms with Crippen molar-refractivity contribution in [1.82, 2.24) is 25.0 Å². The number of aromatic nitrogens is 3. The Morgan fingerprint density at radius 2 is 1.62 bits per heavy atom. The average molecular weight is 577 g/mol. The predicted octanol–water partition coefficient (Wildman–Crippen LogP) is 4.30. The van der Waals surface area contributed by atoms with Crippen LogP contribution in [0.1, 0.15) is 16.2 Å². The van der Waals surface area contributed by atoms with Crippen molar-refractivity contribution in [2.75, 3.05) is 43.9 Å². The molecular formula is C29H29ClN6O3S. The molecule has 1 fully saturated rings. The van der Waals surface area contributed by atoms with Gasteiger partial charge >= 0.3 is 0 Å². The third-order valence-corrected chi connectivity index (χ3v) is 7.86. The van der Waals surface area contributed by atoms with Gasteiger partial charge in [0.05, 0.1) is 30.1 Å². The van der Waals surface area contributed by atoms with E-state index in [4.69, 9.17) is 16.3 Å². The van der Waals surface area contributed by atoms with Gasteiger partial charge in [0.15, 0.2) is 11.0 Å². The molecule has 9 nitrogen and oxygen atoms in total. The molecule has 1 aromatic heterocycles. The first-order chi connectivity index (χ1) is 19.5. The van der Waals surface area contributed by atoms with Crippen molar-refractivity contribution in [3.05, 3.63) is 95.3 Å². The summed E-state index contributed by atoms with van der Waals surface area (Å²) < 4.78 is 6.95. The number of nitrogens with zero attached hydrogens (tertiary/aromatic N) is 5. The zero-order valence-electron chi connectivity index (χ0n) is 22.0. The number of rotatable bonds is 9. The normalized spacial score (nSPS) is 13.2. The smallest absolute Gasteiger partial charge is 0.251 e. The summed E-state index contributed by atoms with van der Waals surface area (Å²) in [6.45, 7) is 3.02. The highest BCUT2D eigenvalue weighted by Gasteiger charge is 2.23. The largest absolute Gasteiger partial charge is 0.497 e. The first kappa shape index (κ1) is 27.5. The molecule has 0 bridgehead atoms. The number of methoxy groups -OCH3 is 1. The number of carbonyl (C=O) groups is 2. The Balaban J connectivity index is 1.25. The Hall–Kier alpha value is -4.02. The van der Waals surface area contributed by atoms with Gasteiger partial charge in [-0.1, -0.05) is 53.7 Å². The summed E-state index contributed by atoms with van der Waals surface area (Å²) in [4.78, 5) is 30.0. The van der Waals surface area contributed by atoms with E-state index in [9.17, 15) is 9.59 Å². The van der Waals surface area contributed by atoms with E-state index < -0.39 is 0 Å². The van der Waals surface area contributed by atoms with Crippen LogP contribution in [0.3, 0.4) is 0 Å². The summed E-state index contributed by atoms with van der Waals surface area (Å²) in [5, 5.41) is 12.6. The predicted molar refractivity (Wildman–Crippen MR) is 156 cm³/mol. The Bertz CT molecular complexity index is 1460. The van der Waals surface area contributed by atoms with E-state index in [1.807, 2.05) is 41.3 Å². The monoisotopic (exact) mass is 576 g/mol. The van der Waals surface area contributed by atoms with Gasteiger partial charge in [0.2, 0.25) is 5.91 Å². The third kappa shape index (κ3) is 6.40. The first-order valence-corrected chi connectivity index (χ1v) is 14.2. The van der Waals surface area contributed by atoms with Gasteiger partial charge in [-0.25, -0.2) is 0 Å². The first-order valence-electron chi connectivity index (χ1n) is 12.9. The van der Waals surface area contributed by atoms with Crippen molar-refractivity contribution < 1.29 is 14.3 Å². The molecule has 1 aliphatic rings. The second-order valence-electron chi connectivity index (χ2n) is 9.09. The van der Waals surface area contributed by atoms with Crippen molar-refractivity contribution in [2.24, 2.45) is 0 Å². The lowest BCUT2D eigenvalue weighted by atomic mass is 10.2. The number of para-hydroxylation sites is 2. The van der Waals surface area contributed by atoms with Gasteiger partial charge in [-0.05, 0) is 48.5 Å². The highest BCUT2D eigenvalue weighted by molar-refractivity contribution is 7.99. The fraction of sp³-hybridized carbons (Fsp3) is 0.241. The molecule has 206 valence electrons. The van der Waals surface area contributed by atoms with Gasteiger partial charge in [-0.3, -0.25) is 14.2 Å². The number of piperazine rings is 1. The molecule has 2 amide bonds. The molecule has 0 atom stereocenters. The van der Waals surface area contributed by atoms with Crippen LogP contribution in [0, 0.1) is 0 Å². The van der Waals surface area contributed by atoms with Gasteiger partial charge in [0, 0.05) is 37.4 Å². The number of ether oxygens (including phenoxy) is 1. The molecule has 1 saturated heterocycles. The van der Waals surface area contributed by atoms with Crippen molar-refractivity contribution in [2.45, 2.75) is 11.7 Å². The molecule has 1 N–H and O–H groups in total. The van der Waals surface area contributed by atoms with Crippen LogP contribution in [-0.2, 0) is 11.3 Å². The maximum absolute atomic E-state index is 13.1. The van der Waals surface area contributed by atoms with Gasteiger partial charge in [-0.2, -0.15) is 0 Å². The van der Waals surface area contributed by atoms with Crippen LogP contribution in [-0.4, -0.2) is 70.5 Å². The fourth-order valence-electron chi connectivity index (χ4n) is 4.46. The summed E-state index contributed by atoms with van der Waals surface area (Å²) in [5.41, 5.74) is 2.34. The second-order valence-corrected chi connectivity index (χ2v) is 10.4. The quantitative estimate of drug-likeness (QED) is 0.297. The number of hydrogen-bond acceptors (Lipinski definition) is 7. The molecule has 0 aliphatic carbocycles. The SMILES string of the molecule is COc1ccc(C(=O)NCc2nnc(SCC(=O)N3CCN(c4ccccc4)CC3)n2-c2ccccc2Cl)cc1. The second kappa shape index (κ2) is 12.9. The van der Waals surface area contributed by atoms with Crippen LogP contribution in [0.15, 0.2) is 84.0 Å². The van der Waals surface area contributed by atoms with Gasteiger partial charge < -0.3 is 19.9 Å². The Kier molecular flexibility index (Phi) is 8.87. The molecule has 0 unspecified atom stereocenters. The lowest BCUT2D eigenvalue weighted by molar-refractivity contribution is -0.128. The van der Waals surface area contributed by atoms with E-state index >= 15 is 0 Å². The van der Waals surface area contributed by atoms with Crippen molar-refractivity contribution in [3.63, 3.8) is 0 Å². The minimum atomic E-state index is -0.254. The third-order valence-electron chi connectivity index (χ3n) is 6.63. The number of thioether (sulfide) groups is 1. The number of amides is 2. The number of carbonyl (C=O) groups excluding carboxylic acids is 2. The molecule has 4 aromatic rings. The Morgan fingerprint density at radius 1 is 0.925 bits per heavy atom. The minimum absolute atomic E-state index is 0.0424. The minimum Gasteiger partial charge on any atom is -0.497 e. The number of hydrogen-bond donors (Lipinski definition) is 1. The lowest BCUT2D eigenvalue weighted by Gasteiger charge is -2.36. The van der Waals surface area contributed by atoms with Crippen LogP contribution >= 0.6 is 23.4 Å².